The van der Waals surface area contributed by atoms with E-state index in [0.717, 1.165) is 0 Å². The molecule has 0 heterocycles. The number of benzene rings is 2. The molecule has 2 aromatic carbocycles. The number of hydrogen-bond acceptors (Lipinski definition) is 7. The van der Waals surface area contributed by atoms with Gasteiger partial charge in [-0.1, -0.05) is 6.07 Å². The van der Waals surface area contributed by atoms with E-state index in [-0.39, 0.29) is 13.0 Å². The van der Waals surface area contributed by atoms with Crippen molar-refractivity contribution in [1.29, 1.82) is 0 Å². The molecule has 1 atom stereocenters. The highest BCUT2D eigenvalue weighted by Gasteiger charge is 2.21. The molecule has 0 radical (unpaired) electrons. The van der Waals surface area contributed by atoms with Gasteiger partial charge < -0.3 is 24.3 Å². The second-order valence-corrected chi connectivity index (χ2v) is 6.34. The number of amides is 2. The van der Waals surface area contributed by atoms with Crippen LogP contribution in [-0.2, 0) is 14.3 Å². The van der Waals surface area contributed by atoms with E-state index < -0.39 is 24.0 Å². The largest absolute Gasteiger partial charge is 0.493 e. The molecule has 9 nitrogen and oxygen atoms in total. The van der Waals surface area contributed by atoms with Crippen molar-refractivity contribution in [2.24, 2.45) is 0 Å². The van der Waals surface area contributed by atoms with Gasteiger partial charge in [0.1, 0.15) is 0 Å². The molecule has 2 aromatic rings. The molecule has 0 aliphatic carbocycles. The zero-order valence-electron chi connectivity index (χ0n) is 17.9. The molecule has 0 fully saturated rings. The molecular weight excluding hydrogens is 404 g/mol. The van der Waals surface area contributed by atoms with Gasteiger partial charge in [0.15, 0.2) is 11.5 Å². The molecule has 0 aromatic heterocycles. The van der Waals surface area contributed by atoms with Gasteiger partial charge in [0.05, 0.1) is 40.4 Å². The third-order valence-corrected chi connectivity index (χ3v) is 4.38. The van der Waals surface area contributed by atoms with Crippen molar-refractivity contribution in [1.82, 2.24) is 5.32 Å². The number of carbonyl (C=O) groups is 3. The van der Waals surface area contributed by atoms with Crippen LogP contribution in [-0.4, -0.2) is 45.9 Å². The molecule has 2 amide bonds. The van der Waals surface area contributed by atoms with Crippen molar-refractivity contribution in [2.45, 2.75) is 19.4 Å². The van der Waals surface area contributed by atoms with Gasteiger partial charge in [-0.15, -0.1) is 0 Å². The predicted molar refractivity (Wildman–Crippen MR) is 113 cm³/mol. The molecule has 9 heteroatoms. The molecular formula is C22H26N2O7. The molecule has 31 heavy (non-hydrogen) atoms. The standard InChI is InChI=1S/C22H26N2O7/c1-5-31-22(27)23-16-9-6-14(7-10-16)21(26)24-17(13-20(25)30-4)15-8-11-18(28-2)19(12-15)29-3/h6-12,17H,5,13H2,1-4H3,(H,23,27)(H,24,26). The number of rotatable bonds is 9. The topological polar surface area (TPSA) is 112 Å². The van der Waals surface area contributed by atoms with E-state index >= 15 is 0 Å². The van der Waals surface area contributed by atoms with Gasteiger partial charge in [0.25, 0.3) is 5.91 Å². The van der Waals surface area contributed by atoms with Crippen LogP contribution < -0.4 is 20.1 Å². The Kier molecular flexibility index (Phi) is 8.68. The van der Waals surface area contributed by atoms with E-state index in [1.165, 1.54) is 21.3 Å². The third-order valence-electron chi connectivity index (χ3n) is 4.38. The average molecular weight is 430 g/mol. The molecule has 0 aliphatic heterocycles. The molecule has 0 saturated heterocycles. The Morgan fingerprint density at radius 1 is 0.935 bits per heavy atom. The van der Waals surface area contributed by atoms with Crippen molar-refractivity contribution in [3.63, 3.8) is 0 Å². The highest BCUT2D eigenvalue weighted by atomic mass is 16.5. The minimum absolute atomic E-state index is 0.0692. The van der Waals surface area contributed by atoms with E-state index in [9.17, 15) is 14.4 Å². The summed E-state index contributed by atoms with van der Waals surface area (Å²) in [6.45, 7) is 1.96. The first-order chi connectivity index (χ1) is 14.9. The van der Waals surface area contributed by atoms with Crippen molar-refractivity contribution in [2.75, 3.05) is 33.3 Å². The van der Waals surface area contributed by atoms with Crippen LogP contribution in [0.3, 0.4) is 0 Å². The Labute approximate surface area is 180 Å². The Morgan fingerprint density at radius 3 is 2.19 bits per heavy atom. The molecule has 166 valence electrons. The highest BCUT2D eigenvalue weighted by molar-refractivity contribution is 5.95. The van der Waals surface area contributed by atoms with E-state index in [1.807, 2.05) is 0 Å². The number of hydrogen-bond donors (Lipinski definition) is 2. The first kappa shape index (κ1) is 23.5. The van der Waals surface area contributed by atoms with Gasteiger partial charge in [-0.25, -0.2) is 4.79 Å². The summed E-state index contributed by atoms with van der Waals surface area (Å²) in [6, 6.07) is 10.7. The third kappa shape index (κ3) is 6.63. The smallest absolute Gasteiger partial charge is 0.411 e. The number of nitrogens with one attached hydrogen (secondary N) is 2. The minimum atomic E-state index is -0.655. The molecule has 0 spiro atoms. The lowest BCUT2D eigenvalue weighted by Gasteiger charge is -2.20. The Bertz CT molecular complexity index is 913. The SMILES string of the molecule is CCOC(=O)Nc1ccc(C(=O)NC(CC(=O)OC)c2ccc(OC)c(OC)c2)cc1. The summed E-state index contributed by atoms with van der Waals surface area (Å²) < 4.78 is 20.1. The summed E-state index contributed by atoms with van der Waals surface area (Å²) in [5.41, 5.74) is 1.49. The lowest BCUT2D eigenvalue weighted by Crippen LogP contribution is -2.30. The molecule has 0 aliphatic rings. The van der Waals surface area contributed by atoms with Gasteiger partial charge in [0, 0.05) is 11.3 Å². The van der Waals surface area contributed by atoms with Gasteiger partial charge in [-0.05, 0) is 48.9 Å². The van der Waals surface area contributed by atoms with Crippen LogP contribution in [0.15, 0.2) is 42.5 Å². The van der Waals surface area contributed by atoms with E-state index in [4.69, 9.17) is 18.9 Å². The maximum Gasteiger partial charge on any atom is 0.411 e. The minimum Gasteiger partial charge on any atom is -0.493 e. The van der Waals surface area contributed by atoms with Gasteiger partial charge in [-0.2, -0.15) is 0 Å². The summed E-state index contributed by atoms with van der Waals surface area (Å²) >= 11 is 0. The summed E-state index contributed by atoms with van der Waals surface area (Å²) in [5, 5.41) is 5.39. The zero-order valence-corrected chi connectivity index (χ0v) is 17.9. The second kappa shape index (κ2) is 11.4. The average Bonchev–Trinajstić information content (AvgIpc) is 2.78. The van der Waals surface area contributed by atoms with Gasteiger partial charge >= 0.3 is 12.1 Å². The van der Waals surface area contributed by atoms with Crippen molar-refractivity contribution in [3.8, 4) is 11.5 Å². The summed E-state index contributed by atoms with van der Waals surface area (Å²) in [4.78, 5) is 36.2. The molecule has 2 N–H and O–H groups in total. The number of methoxy groups -OCH3 is 3. The van der Waals surface area contributed by atoms with E-state index in [2.05, 4.69) is 10.6 Å². The Hall–Kier alpha value is -3.75. The maximum atomic E-state index is 12.8. The summed E-state index contributed by atoms with van der Waals surface area (Å²) in [6.07, 6.45) is -0.647. The summed E-state index contributed by atoms with van der Waals surface area (Å²) in [7, 11) is 4.30. The first-order valence-corrected chi connectivity index (χ1v) is 9.55. The van der Waals surface area contributed by atoms with E-state index in [1.54, 1.807) is 49.4 Å². The predicted octanol–water partition coefficient (Wildman–Crippen LogP) is 3.31. The molecule has 0 bridgehead atoms. The van der Waals surface area contributed by atoms with Crippen LogP contribution in [0.5, 0.6) is 11.5 Å². The maximum absolute atomic E-state index is 12.8. The zero-order chi connectivity index (χ0) is 22.8. The number of esters is 1. The van der Waals surface area contributed by atoms with Crippen LogP contribution in [0.25, 0.3) is 0 Å². The lowest BCUT2D eigenvalue weighted by molar-refractivity contribution is -0.141. The van der Waals surface area contributed by atoms with Crippen molar-refractivity contribution >= 4 is 23.7 Å². The fourth-order valence-corrected chi connectivity index (χ4v) is 2.80. The van der Waals surface area contributed by atoms with Gasteiger partial charge in [-0.3, -0.25) is 14.9 Å². The monoisotopic (exact) mass is 430 g/mol. The highest BCUT2D eigenvalue weighted by Crippen LogP contribution is 2.31. The Balaban J connectivity index is 2.20. The van der Waals surface area contributed by atoms with Crippen LogP contribution >= 0.6 is 0 Å². The quantitative estimate of drug-likeness (QED) is 0.587. The van der Waals surface area contributed by atoms with E-state index in [0.29, 0.717) is 28.3 Å². The molecule has 1 unspecified atom stereocenters. The van der Waals surface area contributed by atoms with Crippen LogP contribution in [0.1, 0.15) is 35.3 Å². The van der Waals surface area contributed by atoms with Crippen LogP contribution in [0.4, 0.5) is 10.5 Å². The Morgan fingerprint density at radius 2 is 1.61 bits per heavy atom. The first-order valence-electron chi connectivity index (χ1n) is 9.55. The molecule has 0 saturated carbocycles. The van der Waals surface area contributed by atoms with Crippen molar-refractivity contribution < 1.29 is 33.3 Å². The normalized spacial score (nSPS) is 11.1. The second-order valence-electron chi connectivity index (χ2n) is 6.34. The number of anilines is 1. The summed E-state index contributed by atoms with van der Waals surface area (Å²) in [5.74, 6) is 0.123. The fourth-order valence-electron chi connectivity index (χ4n) is 2.80. The lowest BCUT2D eigenvalue weighted by atomic mass is 10.0. The van der Waals surface area contributed by atoms with Crippen LogP contribution in [0.2, 0.25) is 0 Å². The van der Waals surface area contributed by atoms with Gasteiger partial charge in [0.2, 0.25) is 0 Å². The number of carbonyl (C=O) groups excluding carboxylic acids is 3. The van der Waals surface area contributed by atoms with Crippen molar-refractivity contribution in [3.05, 3.63) is 53.6 Å². The fraction of sp³-hybridized carbons (Fsp3) is 0.318. The van der Waals surface area contributed by atoms with Crippen LogP contribution in [0, 0.1) is 0 Å². The molecule has 2 rings (SSSR count). The number of ether oxygens (including phenoxy) is 4.